The Labute approximate surface area is 112 Å². The van der Waals surface area contributed by atoms with Gasteiger partial charge in [-0.3, -0.25) is 0 Å². The van der Waals surface area contributed by atoms with Crippen molar-refractivity contribution in [1.29, 1.82) is 0 Å². The first-order valence-electron chi connectivity index (χ1n) is 6.59. The third kappa shape index (κ3) is 1.99. The number of fused-ring (bicyclic) bond motifs is 2. The predicted molar refractivity (Wildman–Crippen MR) is 72.8 cm³/mol. The molecule has 4 heteroatoms. The lowest BCUT2D eigenvalue weighted by Crippen LogP contribution is -2.48. The molecule has 3 rings (SSSR count). The van der Waals surface area contributed by atoms with Crippen molar-refractivity contribution >= 4 is 17.3 Å². The van der Waals surface area contributed by atoms with E-state index in [0.29, 0.717) is 18.1 Å². The molecule has 2 nitrogen and oxygen atoms in total. The van der Waals surface area contributed by atoms with Crippen LogP contribution in [0.3, 0.4) is 0 Å². The van der Waals surface area contributed by atoms with Crippen LogP contribution in [-0.2, 0) is 0 Å². The minimum atomic E-state index is -0.315. The van der Waals surface area contributed by atoms with Crippen LogP contribution in [0.1, 0.15) is 25.7 Å². The van der Waals surface area contributed by atoms with Crippen LogP contribution in [0.2, 0.25) is 5.02 Å². The number of nitrogens with zero attached hydrogens (tertiary/aromatic N) is 1. The Morgan fingerprint density at radius 1 is 1.28 bits per heavy atom. The summed E-state index contributed by atoms with van der Waals surface area (Å²) in [6.07, 6.45) is 4.73. The molecule has 0 radical (unpaired) electrons. The molecule has 2 atom stereocenters. The Bertz CT molecular complexity index is 437. The topological polar surface area (TPSA) is 15.3 Å². The predicted octanol–water partition coefficient (Wildman–Crippen LogP) is 3.20. The van der Waals surface area contributed by atoms with Crippen molar-refractivity contribution < 1.29 is 4.39 Å². The lowest BCUT2D eigenvalue weighted by Gasteiger charge is -2.40. The minimum absolute atomic E-state index is 0.205. The molecule has 2 heterocycles. The van der Waals surface area contributed by atoms with Crippen molar-refractivity contribution in [2.45, 2.75) is 43.8 Å². The average molecular weight is 269 g/mol. The molecule has 2 bridgehead atoms. The van der Waals surface area contributed by atoms with Crippen molar-refractivity contribution in [3.8, 4) is 0 Å². The Kier molecular flexibility index (Phi) is 3.20. The van der Waals surface area contributed by atoms with E-state index < -0.39 is 0 Å². The van der Waals surface area contributed by atoms with Crippen LogP contribution in [-0.4, -0.2) is 25.2 Å². The van der Waals surface area contributed by atoms with Gasteiger partial charge in [0.05, 0.1) is 5.02 Å². The highest BCUT2D eigenvalue weighted by Gasteiger charge is 2.40. The van der Waals surface area contributed by atoms with Crippen LogP contribution in [0.4, 0.5) is 10.1 Å². The lowest BCUT2D eigenvalue weighted by atomic mass is 9.97. The van der Waals surface area contributed by atoms with E-state index in [9.17, 15) is 4.39 Å². The molecule has 98 valence electrons. The smallest absolute Gasteiger partial charge is 0.143 e. The largest absolute Gasteiger partial charge is 0.365 e. The van der Waals surface area contributed by atoms with Gasteiger partial charge in [0.25, 0.3) is 0 Å². The van der Waals surface area contributed by atoms with Gasteiger partial charge in [0.1, 0.15) is 5.82 Å². The monoisotopic (exact) mass is 268 g/mol. The van der Waals surface area contributed by atoms with Gasteiger partial charge in [0.2, 0.25) is 0 Å². The maximum atomic E-state index is 13.6. The molecule has 1 N–H and O–H groups in total. The molecule has 2 unspecified atom stereocenters. The van der Waals surface area contributed by atoms with Crippen molar-refractivity contribution in [2.24, 2.45) is 0 Å². The molecule has 1 aromatic carbocycles. The molecule has 1 aromatic rings. The molecule has 0 saturated carbocycles. The van der Waals surface area contributed by atoms with E-state index in [1.54, 1.807) is 12.1 Å². The zero-order valence-corrected chi connectivity index (χ0v) is 11.3. The molecule has 0 aliphatic carbocycles. The standard InChI is InChI=1S/C14H18ClFN2/c1-17-9-6-10-2-3-11(7-9)18(10)12-4-5-13(15)14(16)8-12/h4-5,8-11,17H,2-3,6-7H2,1H3. The van der Waals surface area contributed by atoms with E-state index in [2.05, 4.69) is 10.2 Å². The van der Waals surface area contributed by atoms with Gasteiger partial charge < -0.3 is 10.2 Å². The fraction of sp³-hybridized carbons (Fsp3) is 0.571. The number of hydrogen-bond donors (Lipinski definition) is 1. The summed E-state index contributed by atoms with van der Waals surface area (Å²) in [4.78, 5) is 2.40. The molecule has 0 amide bonds. The maximum absolute atomic E-state index is 13.6. The summed E-state index contributed by atoms with van der Waals surface area (Å²) in [5.74, 6) is -0.315. The van der Waals surface area contributed by atoms with Crippen molar-refractivity contribution in [3.63, 3.8) is 0 Å². The minimum Gasteiger partial charge on any atom is -0.365 e. The van der Waals surface area contributed by atoms with Crippen molar-refractivity contribution in [1.82, 2.24) is 5.32 Å². The van der Waals surface area contributed by atoms with Gasteiger partial charge in [-0.05, 0) is 50.9 Å². The van der Waals surface area contributed by atoms with E-state index >= 15 is 0 Å². The third-order valence-corrected chi connectivity index (χ3v) is 4.65. The number of halogens is 2. The summed E-state index contributed by atoms with van der Waals surface area (Å²) in [7, 11) is 2.03. The maximum Gasteiger partial charge on any atom is 0.143 e. The number of nitrogens with one attached hydrogen (secondary N) is 1. The molecule has 2 fully saturated rings. The summed E-state index contributed by atoms with van der Waals surface area (Å²) < 4.78 is 13.6. The molecule has 2 saturated heterocycles. The first-order chi connectivity index (χ1) is 8.69. The molecular formula is C14H18ClFN2. The fourth-order valence-corrected chi connectivity index (χ4v) is 3.60. The number of anilines is 1. The summed E-state index contributed by atoms with van der Waals surface area (Å²) in [5, 5.41) is 3.58. The van der Waals surface area contributed by atoms with E-state index in [1.165, 1.54) is 12.8 Å². The highest BCUT2D eigenvalue weighted by atomic mass is 35.5. The second-order valence-electron chi connectivity index (χ2n) is 5.35. The molecule has 0 aromatic heterocycles. The number of hydrogen-bond acceptors (Lipinski definition) is 2. The van der Waals surface area contributed by atoms with E-state index in [-0.39, 0.29) is 10.8 Å². The zero-order chi connectivity index (χ0) is 12.7. The summed E-state index contributed by atoms with van der Waals surface area (Å²) in [5.41, 5.74) is 0.985. The van der Waals surface area contributed by atoms with Gasteiger partial charge >= 0.3 is 0 Å². The van der Waals surface area contributed by atoms with E-state index in [0.717, 1.165) is 18.5 Å². The SMILES string of the molecule is CNC1CC2CCC(C1)N2c1ccc(Cl)c(F)c1. The Balaban J connectivity index is 1.87. The van der Waals surface area contributed by atoms with Crippen LogP contribution < -0.4 is 10.2 Å². The second kappa shape index (κ2) is 4.71. The van der Waals surface area contributed by atoms with Crippen LogP contribution in [0.5, 0.6) is 0 Å². The van der Waals surface area contributed by atoms with Gasteiger partial charge in [-0.2, -0.15) is 0 Å². The van der Waals surface area contributed by atoms with E-state index in [4.69, 9.17) is 11.6 Å². The summed E-state index contributed by atoms with van der Waals surface area (Å²) in [6.45, 7) is 0. The van der Waals surface area contributed by atoms with Gasteiger partial charge in [-0.15, -0.1) is 0 Å². The summed E-state index contributed by atoms with van der Waals surface area (Å²) in [6, 6.07) is 6.87. The number of rotatable bonds is 2. The molecule has 18 heavy (non-hydrogen) atoms. The second-order valence-corrected chi connectivity index (χ2v) is 5.75. The first kappa shape index (κ1) is 12.2. The van der Waals surface area contributed by atoms with Crippen LogP contribution in [0, 0.1) is 5.82 Å². The van der Waals surface area contributed by atoms with Gasteiger partial charge in [-0.25, -0.2) is 4.39 Å². The fourth-order valence-electron chi connectivity index (χ4n) is 3.48. The highest BCUT2D eigenvalue weighted by Crippen LogP contribution is 2.39. The highest BCUT2D eigenvalue weighted by molar-refractivity contribution is 6.30. The van der Waals surface area contributed by atoms with Crippen molar-refractivity contribution in [2.75, 3.05) is 11.9 Å². The average Bonchev–Trinajstić information content (AvgIpc) is 2.64. The van der Waals surface area contributed by atoms with Gasteiger partial charge in [-0.1, -0.05) is 11.6 Å². The molecule has 2 aliphatic rings. The lowest BCUT2D eigenvalue weighted by molar-refractivity contribution is 0.373. The number of benzene rings is 1. The molecule has 2 aliphatic heterocycles. The van der Waals surface area contributed by atoms with Crippen LogP contribution in [0.15, 0.2) is 18.2 Å². The third-order valence-electron chi connectivity index (χ3n) is 4.34. The first-order valence-corrected chi connectivity index (χ1v) is 6.97. The Morgan fingerprint density at radius 3 is 2.50 bits per heavy atom. The normalized spacial score (nSPS) is 30.8. The van der Waals surface area contributed by atoms with Gasteiger partial charge in [0, 0.05) is 23.8 Å². The van der Waals surface area contributed by atoms with Crippen LogP contribution >= 0.6 is 11.6 Å². The van der Waals surface area contributed by atoms with Gasteiger partial charge in [0.15, 0.2) is 0 Å². The van der Waals surface area contributed by atoms with Crippen LogP contribution in [0.25, 0.3) is 0 Å². The molecular weight excluding hydrogens is 251 g/mol. The quantitative estimate of drug-likeness (QED) is 0.886. The zero-order valence-electron chi connectivity index (χ0n) is 10.5. The molecule has 0 spiro atoms. The Morgan fingerprint density at radius 2 is 1.94 bits per heavy atom. The number of piperidine rings is 1. The summed E-state index contributed by atoms with van der Waals surface area (Å²) >= 11 is 5.75. The van der Waals surface area contributed by atoms with Crippen molar-refractivity contribution in [3.05, 3.63) is 29.0 Å². The Hall–Kier alpha value is -0.800. The van der Waals surface area contributed by atoms with E-state index in [1.807, 2.05) is 13.1 Å².